The normalized spacial score (nSPS) is 16.9. The molecule has 1 N–H and O–H groups in total. The highest BCUT2D eigenvalue weighted by molar-refractivity contribution is 7.90. The van der Waals surface area contributed by atoms with Crippen LogP contribution in [0.3, 0.4) is 0 Å². The zero-order valence-corrected chi connectivity index (χ0v) is 16.1. The Kier molecular flexibility index (Phi) is 6.80. The van der Waals surface area contributed by atoms with Crippen LogP contribution >= 0.6 is 0 Å². The summed E-state index contributed by atoms with van der Waals surface area (Å²) in [5.41, 5.74) is 0. The zero-order chi connectivity index (χ0) is 18.5. The Morgan fingerprint density at radius 3 is 2.24 bits per heavy atom. The minimum absolute atomic E-state index is 0.0723. The van der Waals surface area contributed by atoms with Crippen molar-refractivity contribution in [2.75, 3.05) is 52.1 Å². The molecule has 0 saturated carbocycles. The molecule has 0 atom stereocenters. The number of sulfonamides is 2. The van der Waals surface area contributed by atoms with Gasteiger partial charge in [-0.2, -0.15) is 8.61 Å². The van der Waals surface area contributed by atoms with Crippen molar-refractivity contribution >= 4 is 20.0 Å². The van der Waals surface area contributed by atoms with E-state index in [0.29, 0.717) is 31.9 Å². The number of nitrogens with one attached hydrogen (secondary N) is 1. The van der Waals surface area contributed by atoms with Crippen molar-refractivity contribution in [1.29, 1.82) is 0 Å². The van der Waals surface area contributed by atoms with E-state index in [-0.39, 0.29) is 23.7 Å². The first-order valence-electron chi connectivity index (χ1n) is 8.14. The van der Waals surface area contributed by atoms with Crippen LogP contribution in [0.2, 0.25) is 0 Å². The first kappa shape index (κ1) is 20.1. The lowest BCUT2D eigenvalue weighted by atomic mass is 10.3. The van der Waals surface area contributed by atoms with E-state index in [1.54, 1.807) is 19.1 Å². The monoisotopic (exact) mass is 391 g/mol. The molecule has 1 aliphatic rings. The average molecular weight is 392 g/mol. The number of methoxy groups -OCH3 is 1. The summed E-state index contributed by atoms with van der Waals surface area (Å²) in [6.07, 6.45) is 0. The van der Waals surface area contributed by atoms with E-state index in [1.807, 2.05) is 0 Å². The summed E-state index contributed by atoms with van der Waals surface area (Å²) in [5, 5.41) is 3.10. The Balaban J connectivity index is 2.09. The average Bonchev–Trinajstić information content (AvgIpc) is 2.62. The standard InChI is InChI=1S/C15H25N3O5S2/c1-3-17(12-13-24(19,20)18-10-8-16-9-11-18)25(21,22)15-6-4-14(23-2)5-7-15/h4-7,16H,3,8-13H2,1-2H3. The maximum Gasteiger partial charge on any atom is 0.243 e. The molecule has 0 radical (unpaired) electrons. The molecule has 1 fully saturated rings. The molecule has 142 valence electrons. The summed E-state index contributed by atoms with van der Waals surface area (Å²) in [5.74, 6) is 0.333. The van der Waals surface area contributed by atoms with Gasteiger partial charge in [-0.15, -0.1) is 0 Å². The fourth-order valence-electron chi connectivity index (χ4n) is 2.61. The van der Waals surface area contributed by atoms with Crippen LogP contribution in [0.4, 0.5) is 0 Å². The lowest BCUT2D eigenvalue weighted by molar-refractivity contribution is 0.357. The topological polar surface area (TPSA) is 96.0 Å². The van der Waals surface area contributed by atoms with Gasteiger partial charge in [0.2, 0.25) is 20.0 Å². The smallest absolute Gasteiger partial charge is 0.243 e. The number of hydrogen-bond acceptors (Lipinski definition) is 6. The van der Waals surface area contributed by atoms with Gasteiger partial charge >= 0.3 is 0 Å². The predicted octanol–water partition coefficient (Wildman–Crippen LogP) is -0.0592. The van der Waals surface area contributed by atoms with Gasteiger partial charge in [-0.25, -0.2) is 16.8 Å². The van der Waals surface area contributed by atoms with Gasteiger partial charge in [-0.3, -0.25) is 0 Å². The maximum atomic E-state index is 12.7. The SMILES string of the molecule is CCN(CCS(=O)(=O)N1CCNCC1)S(=O)(=O)c1ccc(OC)cc1. The summed E-state index contributed by atoms with van der Waals surface area (Å²) < 4.78 is 57.9. The van der Waals surface area contributed by atoms with Gasteiger partial charge in [0.05, 0.1) is 17.8 Å². The number of piperazine rings is 1. The highest BCUT2D eigenvalue weighted by Crippen LogP contribution is 2.19. The molecular weight excluding hydrogens is 366 g/mol. The summed E-state index contributed by atoms with van der Waals surface area (Å²) in [6.45, 7) is 3.88. The third-order valence-corrected chi connectivity index (χ3v) is 7.96. The van der Waals surface area contributed by atoms with Crippen LogP contribution in [0.15, 0.2) is 29.2 Å². The van der Waals surface area contributed by atoms with Crippen LogP contribution in [0.5, 0.6) is 5.75 Å². The van der Waals surface area contributed by atoms with E-state index in [1.165, 1.54) is 27.9 Å². The number of hydrogen-bond donors (Lipinski definition) is 1. The van der Waals surface area contributed by atoms with Crippen molar-refractivity contribution in [2.24, 2.45) is 0 Å². The highest BCUT2D eigenvalue weighted by atomic mass is 32.2. The van der Waals surface area contributed by atoms with Gasteiger partial charge < -0.3 is 10.1 Å². The molecule has 1 heterocycles. The third kappa shape index (κ3) is 4.91. The second-order valence-electron chi connectivity index (χ2n) is 5.64. The molecule has 1 saturated heterocycles. The van der Waals surface area contributed by atoms with E-state index in [0.717, 1.165) is 0 Å². The zero-order valence-electron chi connectivity index (χ0n) is 14.5. The first-order valence-corrected chi connectivity index (χ1v) is 11.2. The number of rotatable bonds is 8. The minimum Gasteiger partial charge on any atom is -0.497 e. The molecule has 10 heteroatoms. The van der Waals surface area contributed by atoms with Crippen LogP contribution < -0.4 is 10.1 Å². The molecule has 0 amide bonds. The number of ether oxygens (including phenoxy) is 1. The highest BCUT2D eigenvalue weighted by Gasteiger charge is 2.28. The van der Waals surface area contributed by atoms with Gasteiger partial charge in [0, 0.05) is 39.3 Å². The second kappa shape index (κ2) is 8.45. The van der Waals surface area contributed by atoms with Crippen molar-refractivity contribution in [3.05, 3.63) is 24.3 Å². The van der Waals surface area contributed by atoms with Crippen molar-refractivity contribution in [3.63, 3.8) is 0 Å². The molecule has 0 spiro atoms. The molecule has 1 aliphatic heterocycles. The Hall–Kier alpha value is -1.20. The summed E-state index contributed by atoms with van der Waals surface area (Å²) in [7, 11) is -5.72. The molecule has 0 aliphatic carbocycles. The lowest BCUT2D eigenvalue weighted by Crippen LogP contribution is -2.48. The minimum atomic E-state index is -3.75. The number of benzene rings is 1. The van der Waals surface area contributed by atoms with E-state index in [9.17, 15) is 16.8 Å². The molecule has 0 bridgehead atoms. The van der Waals surface area contributed by atoms with Crippen LogP contribution in [-0.4, -0.2) is 77.6 Å². The van der Waals surface area contributed by atoms with E-state index >= 15 is 0 Å². The summed E-state index contributed by atoms with van der Waals surface area (Å²) >= 11 is 0. The third-order valence-electron chi connectivity index (χ3n) is 4.12. The van der Waals surface area contributed by atoms with Crippen molar-refractivity contribution in [3.8, 4) is 5.75 Å². The Bertz CT molecular complexity index is 757. The van der Waals surface area contributed by atoms with Crippen molar-refractivity contribution < 1.29 is 21.6 Å². The molecule has 0 aromatic heterocycles. The van der Waals surface area contributed by atoms with E-state index in [4.69, 9.17) is 4.74 Å². The molecular formula is C15H25N3O5S2. The Morgan fingerprint density at radius 2 is 1.72 bits per heavy atom. The molecule has 1 aromatic rings. The van der Waals surface area contributed by atoms with Gasteiger partial charge in [0.15, 0.2) is 0 Å². The summed E-state index contributed by atoms with van der Waals surface area (Å²) in [4.78, 5) is 0.120. The van der Waals surface area contributed by atoms with Crippen LogP contribution in [-0.2, 0) is 20.0 Å². The quantitative estimate of drug-likeness (QED) is 0.667. The fourth-order valence-corrected chi connectivity index (χ4v) is 5.63. The van der Waals surface area contributed by atoms with Gasteiger partial charge in [0.25, 0.3) is 0 Å². The van der Waals surface area contributed by atoms with Crippen molar-refractivity contribution in [2.45, 2.75) is 11.8 Å². The molecule has 8 nitrogen and oxygen atoms in total. The predicted molar refractivity (Wildman–Crippen MR) is 95.7 cm³/mol. The Morgan fingerprint density at radius 1 is 1.12 bits per heavy atom. The first-order chi connectivity index (χ1) is 11.8. The Labute approximate surface area is 149 Å². The van der Waals surface area contributed by atoms with Gasteiger partial charge in [-0.05, 0) is 24.3 Å². The van der Waals surface area contributed by atoms with Crippen molar-refractivity contribution in [1.82, 2.24) is 13.9 Å². The largest absolute Gasteiger partial charge is 0.497 e. The molecule has 2 rings (SSSR count). The van der Waals surface area contributed by atoms with Crippen LogP contribution in [0, 0.1) is 0 Å². The van der Waals surface area contributed by atoms with E-state index < -0.39 is 20.0 Å². The molecule has 0 unspecified atom stereocenters. The van der Waals surface area contributed by atoms with E-state index in [2.05, 4.69) is 5.32 Å². The second-order valence-corrected chi connectivity index (χ2v) is 9.66. The molecule has 25 heavy (non-hydrogen) atoms. The molecule has 1 aromatic carbocycles. The fraction of sp³-hybridized carbons (Fsp3) is 0.600. The summed E-state index contributed by atoms with van der Waals surface area (Å²) in [6, 6.07) is 6.06. The lowest BCUT2D eigenvalue weighted by Gasteiger charge is -2.28. The van der Waals surface area contributed by atoms with Gasteiger partial charge in [-0.1, -0.05) is 6.92 Å². The van der Waals surface area contributed by atoms with Crippen LogP contribution in [0.1, 0.15) is 6.92 Å². The van der Waals surface area contributed by atoms with Crippen LogP contribution in [0.25, 0.3) is 0 Å². The maximum absolute atomic E-state index is 12.7. The van der Waals surface area contributed by atoms with Gasteiger partial charge in [0.1, 0.15) is 5.75 Å². The number of nitrogens with zero attached hydrogens (tertiary/aromatic N) is 2.